The van der Waals surface area contributed by atoms with Gasteiger partial charge < -0.3 is 5.32 Å². The fraction of sp³-hybridized carbons (Fsp3) is 0.722. The number of nitrogens with zero attached hydrogens (tertiary/aromatic N) is 1. The number of pyridine rings is 1. The summed E-state index contributed by atoms with van der Waals surface area (Å²) in [5.74, 6) is 4.11. The molecule has 1 unspecified atom stereocenters. The Bertz CT molecular complexity index is 519. The third kappa shape index (κ3) is 2.42. The van der Waals surface area contributed by atoms with Crippen molar-refractivity contribution in [3.8, 4) is 0 Å². The highest BCUT2D eigenvalue weighted by atomic mass is 79.9. The van der Waals surface area contributed by atoms with Gasteiger partial charge in [0.15, 0.2) is 0 Å². The molecule has 1 N–H and O–H groups in total. The highest BCUT2D eigenvalue weighted by Crippen LogP contribution is 2.61. The van der Waals surface area contributed by atoms with Crippen LogP contribution in [-0.2, 0) is 0 Å². The van der Waals surface area contributed by atoms with Gasteiger partial charge in [-0.3, -0.25) is 0 Å². The second kappa shape index (κ2) is 4.97. The second-order valence-corrected chi connectivity index (χ2v) is 8.88. The fourth-order valence-corrected chi connectivity index (χ4v) is 6.20. The van der Waals surface area contributed by atoms with Gasteiger partial charge in [0, 0.05) is 16.7 Å². The Labute approximate surface area is 136 Å². The zero-order valence-corrected chi connectivity index (χ0v) is 14.6. The van der Waals surface area contributed by atoms with Crippen molar-refractivity contribution in [3.63, 3.8) is 0 Å². The molecule has 114 valence electrons. The van der Waals surface area contributed by atoms with Gasteiger partial charge in [-0.2, -0.15) is 0 Å². The minimum Gasteiger partial charge on any atom is -0.367 e. The van der Waals surface area contributed by atoms with Crippen LogP contribution in [0.3, 0.4) is 0 Å². The predicted octanol–water partition coefficient (Wildman–Crippen LogP) is 5.17. The Hall–Kier alpha value is -0.570. The van der Waals surface area contributed by atoms with Crippen LogP contribution in [0.4, 0.5) is 5.82 Å². The highest BCUT2D eigenvalue weighted by molar-refractivity contribution is 9.10. The molecular weight excluding hydrogens is 324 g/mol. The molecule has 1 heterocycles. The molecule has 0 aliphatic heterocycles. The molecule has 1 aromatic heterocycles. The second-order valence-electron chi connectivity index (χ2n) is 7.96. The van der Waals surface area contributed by atoms with Crippen LogP contribution in [0.25, 0.3) is 0 Å². The van der Waals surface area contributed by atoms with E-state index in [9.17, 15) is 0 Å². The first-order valence-corrected chi connectivity index (χ1v) is 9.22. The lowest BCUT2D eigenvalue weighted by Crippen LogP contribution is -2.53. The Morgan fingerprint density at radius 1 is 1.19 bits per heavy atom. The van der Waals surface area contributed by atoms with E-state index in [1.165, 1.54) is 44.1 Å². The van der Waals surface area contributed by atoms with Crippen LogP contribution in [-0.4, -0.2) is 11.0 Å². The zero-order valence-electron chi connectivity index (χ0n) is 13.0. The molecule has 4 fully saturated rings. The van der Waals surface area contributed by atoms with Crippen LogP contribution < -0.4 is 5.32 Å². The van der Waals surface area contributed by atoms with Crippen LogP contribution in [0, 0.1) is 30.1 Å². The molecule has 2 nitrogen and oxygen atoms in total. The number of rotatable bonds is 3. The summed E-state index contributed by atoms with van der Waals surface area (Å²) in [5.41, 5.74) is 1.77. The normalized spacial score (nSPS) is 38.5. The average molecular weight is 349 g/mol. The van der Waals surface area contributed by atoms with Crippen molar-refractivity contribution in [3.05, 3.63) is 22.3 Å². The Balaban J connectivity index is 1.56. The molecule has 4 aliphatic rings. The van der Waals surface area contributed by atoms with E-state index in [2.05, 4.69) is 46.1 Å². The number of halogens is 1. The van der Waals surface area contributed by atoms with E-state index >= 15 is 0 Å². The van der Waals surface area contributed by atoms with Crippen LogP contribution in [0.1, 0.15) is 51.0 Å². The SMILES string of the molecule is Cc1cc(Br)cnc1NC(C)C12CC3CC(CC(C3)C1)C2. The van der Waals surface area contributed by atoms with Gasteiger partial charge in [-0.25, -0.2) is 4.98 Å². The summed E-state index contributed by atoms with van der Waals surface area (Å²) in [7, 11) is 0. The first-order valence-electron chi connectivity index (χ1n) is 8.43. The first kappa shape index (κ1) is 14.0. The van der Waals surface area contributed by atoms with Crippen LogP contribution in [0.15, 0.2) is 16.7 Å². The van der Waals surface area contributed by atoms with Crippen LogP contribution in [0.5, 0.6) is 0 Å². The van der Waals surface area contributed by atoms with E-state index in [0.29, 0.717) is 11.5 Å². The summed E-state index contributed by atoms with van der Waals surface area (Å²) < 4.78 is 1.06. The number of nitrogens with one attached hydrogen (secondary N) is 1. The number of hydrogen-bond acceptors (Lipinski definition) is 2. The summed E-state index contributed by atoms with van der Waals surface area (Å²) in [6, 6.07) is 2.69. The third-order valence-corrected chi connectivity index (χ3v) is 6.84. The van der Waals surface area contributed by atoms with E-state index in [1.54, 1.807) is 0 Å². The van der Waals surface area contributed by atoms with Crippen molar-refractivity contribution in [1.29, 1.82) is 0 Å². The van der Waals surface area contributed by atoms with Gasteiger partial charge in [0.1, 0.15) is 5.82 Å². The molecule has 21 heavy (non-hydrogen) atoms. The maximum atomic E-state index is 4.59. The number of anilines is 1. The molecule has 5 rings (SSSR count). The lowest BCUT2D eigenvalue weighted by Gasteiger charge is -2.59. The maximum Gasteiger partial charge on any atom is 0.129 e. The van der Waals surface area contributed by atoms with Crippen molar-refractivity contribution in [2.75, 3.05) is 5.32 Å². The van der Waals surface area contributed by atoms with E-state index < -0.39 is 0 Å². The van der Waals surface area contributed by atoms with Crippen LogP contribution >= 0.6 is 15.9 Å². The van der Waals surface area contributed by atoms with Gasteiger partial charge in [0.2, 0.25) is 0 Å². The molecule has 0 amide bonds. The predicted molar refractivity (Wildman–Crippen MR) is 90.4 cm³/mol. The van der Waals surface area contributed by atoms with Gasteiger partial charge in [-0.1, -0.05) is 0 Å². The Morgan fingerprint density at radius 3 is 2.29 bits per heavy atom. The van der Waals surface area contributed by atoms with Crippen LogP contribution in [0.2, 0.25) is 0 Å². The summed E-state index contributed by atoms with van der Waals surface area (Å²) in [6.07, 6.45) is 10.8. The fourth-order valence-electron chi connectivity index (χ4n) is 5.76. The minimum absolute atomic E-state index is 0.538. The van der Waals surface area contributed by atoms with E-state index in [0.717, 1.165) is 28.0 Å². The first-order chi connectivity index (χ1) is 10.0. The number of aryl methyl sites for hydroxylation is 1. The summed E-state index contributed by atoms with van der Waals surface area (Å²) in [4.78, 5) is 4.59. The van der Waals surface area contributed by atoms with Crippen molar-refractivity contribution in [1.82, 2.24) is 4.98 Å². The topological polar surface area (TPSA) is 24.9 Å². The molecule has 0 aromatic carbocycles. The Morgan fingerprint density at radius 2 is 1.76 bits per heavy atom. The summed E-state index contributed by atoms with van der Waals surface area (Å²) in [5, 5.41) is 3.76. The summed E-state index contributed by atoms with van der Waals surface area (Å²) >= 11 is 3.50. The zero-order chi connectivity index (χ0) is 14.6. The summed E-state index contributed by atoms with van der Waals surface area (Å²) in [6.45, 7) is 4.54. The maximum absolute atomic E-state index is 4.59. The van der Waals surface area contributed by atoms with E-state index in [-0.39, 0.29) is 0 Å². The Kier molecular flexibility index (Phi) is 3.33. The molecule has 3 heteroatoms. The monoisotopic (exact) mass is 348 g/mol. The molecule has 0 saturated heterocycles. The van der Waals surface area contributed by atoms with Crippen molar-refractivity contribution in [2.45, 2.75) is 58.4 Å². The molecule has 4 saturated carbocycles. The van der Waals surface area contributed by atoms with Gasteiger partial charge in [0.05, 0.1) is 0 Å². The molecule has 0 spiro atoms. The molecule has 4 aliphatic carbocycles. The molecule has 1 aromatic rings. The van der Waals surface area contributed by atoms with Crippen molar-refractivity contribution in [2.24, 2.45) is 23.2 Å². The quantitative estimate of drug-likeness (QED) is 0.814. The van der Waals surface area contributed by atoms with Gasteiger partial charge in [-0.15, -0.1) is 0 Å². The lowest BCUT2D eigenvalue weighted by molar-refractivity contribution is -0.0603. The largest absolute Gasteiger partial charge is 0.367 e. The lowest BCUT2D eigenvalue weighted by atomic mass is 9.48. The van der Waals surface area contributed by atoms with Crippen molar-refractivity contribution >= 4 is 21.7 Å². The third-order valence-electron chi connectivity index (χ3n) is 6.40. The van der Waals surface area contributed by atoms with Gasteiger partial charge in [-0.05, 0) is 103 Å². The number of aromatic nitrogens is 1. The number of hydrogen-bond donors (Lipinski definition) is 1. The van der Waals surface area contributed by atoms with Gasteiger partial charge in [0.25, 0.3) is 0 Å². The van der Waals surface area contributed by atoms with E-state index in [1.807, 2.05) is 6.20 Å². The smallest absolute Gasteiger partial charge is 0.129 e. The molecular formula is C18H25BrN2. The minimum atomic E-state index is 0.538. The van der Waals surface area contributed by atoms with Gasteiger partial charge >= 0.3 is 0 Å². The van der Waals surface area contributed by atoms with Crippen molar-refractivity contribution < 1.29 is 0 Å². The average Bonchev–Trinajstić information content (AvgIpc) is 2.40. The molecule has 4 bridgehead atoms. The highest BCUT2D eigenvalue weighted by Gasteiger charge is 2.53. The molecule has 1 atom stereocenters. The standard InChI is InChI=1S/C18H25BrN2/c1-11-3-16(19)10-20-17(11)21-12(2)18-7-13-4-14(8-18)6-15(5-13)9-18/h3,10,12-15H,4-9H2,1-2H3,(H,20,21). The molecule has 0 radical (unpaired) electrons. The van der Waals surface area contributed by atoms with E-state index in [4.69, 9.17) is 0 Å².